The van der Waals surface area contributed by atoms with Gasteiger partial charge >= 0.3 is 13.4 Å². The monoisotopic (exact) mass is 414 g/mol. The predicted molar refractivity (Wildman–Crippen MR) is 105 cm³/mol. The van der Waals surface area contributed by atoms with Gasteiger partial charge in [-0.2, -0.15) is 5.26 Å². The van der Waals surface area contributed by atoms with Crippen molar-refractivity contribution in [1.82, 2.24) is 9.34 Å². The lowest BCUT2D eigenvalue weighted by Gasteiger charge is -2.24. The highest BCUT2D eigenvalue weighted by molar-refractivity contribution is 7.54. The molecule has 2 aliphatic rings. The van der Waals surface area contributed by atoms with Gasteiger partial charge in [0, 0.05) is 32.2 Å². The second-order valence-corrected chi connectivity index (χ2v) is 9.19. The zero-order valence-corrected chi connectivity index (χ0v) is 16.6. The van der Waals surface area contributed by atoms with E-state index < -0.39 is 18.7 Å². The number of rotatable bonds is 8. The minimum atomic E-state index is -3.02. The Kier molecular flexibility index (Phi) is 5.11. The Morgan fingerprint density at radius 1 is 1.14 bits per heavy atom. The van der Waals surface area contributed by atoms with Crippen molar-refractivity contribution in [3.05, 3.63) is 63.7 Å². The molecule has 2 heterocycles. The van der Waals surface area contributed by atoms with E-state index in [1.165, 1.54) is 12.1 Å². The van der Waals surface area contributed by atoms with Crippen molar-refractivity contribution in [2.45, 2.75) is 13.0 Å². The molecule has 2 aromatic rings. The first-order chi connectivity index (χ1) is 13.9. The molecule has 1 atom stereocenters. The van der Waals surface area contributed by atoms with Crippen molar-refractivity contribution in [2.24, 2.45) is 0 Å². The molecule has 2 aromatic carbocycles. The quantitative estimate of drug-likeness (QED) is 0.275. The number of benzene rings is 2. The van der Waals surface area contributed by atoms with Gasteiger partial charge in [0.15, 0.2) is 0 Å². The standard InChI is InChI=1S/C19H19N4O5P/c1-14(28-29(26,21-8-9-21)22-10-11-22)16-4-7-18(23(24)25)19(12-16)27-17-5-2-15(13-20)3-6-17/h2-7,12,14H,8-11H2,1H3. The molecule has 0 aliphatic carbocycles. The fourth-order valence-corrected chi connectivity index (χ4v) is 5.26. The molecule has 0 spiro atoms. The van der Waals surface area contributed by atoms with Crippen LogP contribution in [0.3, 0.4) is 0 Å². The molecule has 2 aliphatic heterocycles. The van der Waals surface area contributed by atoms with Crippen LogP contribution in [0.25, 0.3) is 0 Å². The van der Waals surface area contributed by atoms with Gasteiger partial charge < -0.3 is 4.74 Å². The van der Waals surface area contributed by atoms with Crippen LogP contribution >= 0.6 is 7.67 Å². The van der Waals surface area contributed by atoms with Gasteiger partial charge in [-0.25, -0.2) is 9.34 Å². The van der Waals surface area contributed by atoms with Crippen LogP contribution in [0.15, 0.2) is 42.5 Å². The summed E-state index contributed by atoms with van der Waals surface area (Å²) in [5.74, 6) is 0.428. The first-order valence-electron chi connectivity index (χ1n) is 9.16. The number of hydrogen-bond acceptors (Lipinski definition) is 6. The number of hydrogen-bond donors (Lipinski definition) is 0. The minimum absolute atomic E-state index is 0.0564. The summed E-state index contributed by atoms with van der Waals surface area (Å²) in [6, 6.07) is 12.8. The molecule has 2 fully saturated rings. The van der Waals surface area contributed by atoms with Gasteiger partial charge in [-0.15, -0.1) is 0 Å². The molecule has 4 rings (SSSR count). The van der Waals surface area contributed by atoms with Crippen LogP contribution < -0.4 is 4.74 Å². The Labute approximate surface area is 167 Å². The SMILES string of the molecule is CC(OP(=O)(N1CC1)N1CC1)c1ccc([N+](=O)[O-])c(Oc2ccc(C#N)cc2)c1. The Hall–Kier alpha value is -2.76. The van der Waals surface area contributed by atoms with E-state index in [-0.39, 0.29) is 11.4 Å². The molecule has 0 radical (unpaired) electrons. The van der Waals surface area contributed by atoms with Gasteiger partial charge in [-0.3, -0.25) is 19.2 Å². The largest absolute Gasteiger partial charge is 0.450 e. The summed E-state index contributed by atoms with van der Waals surface area (Å²) in [6.07, 6.45) is -0.536. The fourth-order valence-electron chi connectivity index (χ4n) is 2.91. The molecule has 10 heteroatoms. The Balaban J connectivity index is 1.59. The van der Waals surface area contributed by atoms with Crippen LogP contribution in [-0.2, 0) is 9.09 Å². The van der Waals surface area contributed by atoms with Crippen molar-refractivity contribution >= 4 is 13.4 Å². The summed E-state index contributed by atoms with van der Waals surface area (Å²) in [6.45, 7) is 4.75. The number of nitro groups is 1. The summed E-state index contributed by atoms with van der Waals surface area (Å²) in [4.78, 5) is 10.9. The molecule has 29 heavy (non-hydrogen) atoms. The van der Waals surface area contributed by atoms with Gasteiger partial charge in [0.2, 0.25) is 5.75 Å². The third-order valence-electron chi connectivity index (χ3n) is 4.72. The fraction of sp³-hybridized carbons (Fsp3) is 0.316. The van der Waals surface area contributed by atoms with Crippen molar-refractivity contribution in [3.8, 4) is 17.6 Å². The van der Waals surface area contributed by atoms with E-state index in [4.69, 9.17) is 14.5 Å². The maximum atomic E-state index is 13.2. The third kappa shape index (κ3) is 4.16. The van der Waals surface area contributed by atoms with Gasteiger partial charge in [0.1, 0.15) is 5.75 Å². The highest BCUT2D eigenvalue weighted by atomic mass is 31.2. The van der Waals surface area contributed by atoms with Gasteiger partial charge in [0.25, 0.3) is 0 Å². The summed E-state index contributed by atoms with van der Waals surface area (Å²) in [5, 5.41) is 20.3. The molecule has 0 aromatic heterocycles. The highest BCUT2D eigenvalue weighted by Gasteiger charge is 2.50. The van der Waals surface area contributed by atoms with Crippen LogP contribution in [0, 0.1) is 21.4 Å². The Bertz CT molecular complexity index is 1010. The van der Waals surface area contributed by atoms with E-state index in [0.717, 1.165) is 26.2 Å². The van der Waals surface area contributed by atoms with Gasteiger partial charge in [-0.1, -0.05) is 0 Å². The molecule has 0 saturated carbocycles. The van der Waals surface area contributed by atoms with Crippen molar-refractivity contribution in [3.63, 3.8) is 0 Å². The normalized spacial score (nSPS) is 17.4. The molecule has 9 nitrogen and oxygen atoms in total. The smallest absolute Gasteiger partial charge is 0.346 e. The maximum Gasteiger partial charge on any atom is 0.346 e. The van der Waals surface area contributed by atoms with Crippen LogP contribution in [-0.4, -0.2) is 40.4 Å². The van der Waals surface area contributed by atoms with E-state index in [2.05, 4.69) is 0 Å². The molecular weight excluding hydrogens is 395 g/mol. The van der Waals surface area contributed by atoms with Gasteiger partial charge in [0.05, 0.1) is 22.7 Å². The molecule has 0 N–H and O–H groups in total. The minimum Gasteiger partial charge on any atom is -0.450 e. The zero-order chi connectivity index (χ0) is 20.6. The average molecular weight is 414 g/mol. The first kappa shape index (κ1) is 19.6. The molecule has 1 unspecified atom stereocenters. The highest BCUT2D eigenvalue weighted by Crippen LogP contribution is 2.63. The number of nitriles is 1. The number of nitro benzene ring substituents is 1. The van der Waals surface area contributed by atoms with Crippen molar-refractivity contribution in [1.29, 1.82) is 5.26 Å². The van der Waals surface area contributed by atoms with E-state index in [1.54, 1.807) is 37.3 Å². The summed E-state index contributed by atoms with van der Waals surface area (Å²) in [7, 11) is -3.02. The average Bonchev–Trinajstić information content (AvgIpc) is 3.59. The van der Waals surface area contributed by atoms with E-state index in [1.807, 2.05) is 15.4 Å². The lowest BCUT2D eigenvalue weighted by molar-refractivity contribution is -0.385. The third-order valence-corrected chi connectivity index (χ3v) is 7.54. The second-order valence-electron chi connectivity index (χ2n) is 6.87. The topological polar surface area (TPSA) is 108 Å². The van der Waals surface area contributed by atoms with E-state index in [0.29, 0.717) is 16.9 Å². The van der Waals surface area contributed by atoms with Crippen molar-refractivity contribution < 1.29 is 18.7 Å². The van der Waals surface area contributed by atoms with Crippen LogP contribution in [0.2, 0.25) is 0 Å². The predicted octanol–water partition coefficient (Wildman–Crippen LogP) is 4.08. The van der Waals surface area contributed by atoms with Gasteiger partial charge in [-0.05, 0) is 48.9 Å². The molecule has 0 amide bonds. The van der Waals surface area contributed by atoms with E-state index >= 15 is 0 Å². The molecular formula is C19H19N4O5P. The van der Waals surface area contributed by atoms with Crippen LogP contribution in [0.1, 0.15) is 24.2 Å². The Morgan fingerprint density at radius 3 is 2.28 bits per heavy atom. The summed E-state index contributed by atoms with van der Waals surface area (Å²) >= 11 is 0. The lowest BCUT2D eigenvalue weighted by atomic mass is 10.1. The summed E-state index contributed by atoms with van der Waals surface area (Å²) in [5.41, 5.74) is 0.900. The zero-order valence-electron chi connectivity index (χ0n) is 15.7. The second kappa shape index (κ2) is 7.58. The van der Waals surface area contributed by atoms with Crippen molar-refractivity contribution in [2.75, 3.05) is 26.2 Å². The Morgan fingerprint density at radius 2 is 1.76 bits per heavy atom. The van der Waals surface area contributed by atoms with E-state index in [9.17, 15) is 14.7 Å². The number of nitrogens with zero attached hydrogens (tertiary/aromatic N) is 4. The maximum absolute atomic E-state index is 13.2. The number of ether oxygens (including phenoxy) is 1. The molecule has 150 valence electrons. The first-order valence-corrected chi connectivity index (χ1v) is 10.7. The molecule has 2 saturated heterocycles. The van der Waals surface area contributed by atoms with Crippen LogP contribution in [0.4, 0.5) is 5.69 Å². The summed E-state index contributed by atoms with van der Waals surface area (Å²) < 4.78 is 28.5. The van der Waals surface area contributed by atoms with Crippen LogP contribution in [0.5, 0.6) is 11.5 Å². The lowest BCUT2D eigenvalue weighted by Crippen LogP contribution is -2.10. The molecule has 0 bridgehead atoms.